The van der Waals surface area contributed by atoms with Crippen molar-refractivity contribution in [2.45, 2.75) is 59.0 Å². The number of amides is 1. The third kappa shape index (κ3) is 4.26. The third-order valence-corrected chi connectivity index (χ3v) is 6.72. The second-order valence-corrected chi connectivity index (χ2v) is 9.51. The van der Waals surface area contributed by atoms with Crippen LogP contribution in [0.15, 0.2) is 53.5 Å². The van der Waals surface area contributed by atoms with Gasteiger partial charge in [-0.2, -0.15) is 0 Å². The summed E-state index contributed by atoms with van der Waals surface area (Å²) in [5.74, 6) is 0.690. The molecule has 1 aromatic heterocycles. The van der Waals surface area contributed by atoms with Gasteiger partial charge in [-0.15, -0.1) is 0 Å². The Kier molecular flexibility index (Phi) is 6.00. The fraction of sp³-hybridized carbons (Fsp3) is 0.357. The fourth-order valence-corrected chi connectivity index (χ4v) is 4.89. The predicted molar refractivity (Wildman–Crippen MR) is 136 cm³/mol. The highest BCUT2D eigenvalue weighted by atomic mass is 16.5. The van der Waals surface area contributed by atoms with Crippen LogP contribution in [0.5, 0.6) is 5.75 Å². The molecule has 2 N–H and O–H groups in total. The van der Waals surface area contributed by atoms with Gasteiger partial charge in [-0.05, 0) is 79.4 Å². The lowest BCUT2D eigenvalue weighted by Gasteiger charge is -2.28. The normalized spacial score (nSPS) is 19.0. The van der Waals surface area contributed by atoms with Crippen molar-refractivity contribution in [3.63, 3.8) is 0 Å². The van der Waals surface area contributed by atoms with E-state index in [1.165, 1.54) is 28.1 Å². The number of rotatable bonds is 5. The van der Waals surface area contributed by atoms with Crippen molar-refractivity contribution in [3.05, 3.63) is 76.5 Å². The van der Waals surface area contributed by atoms with Crippen LogP contribution in [0.25, 0.3) is 11.3 Å². The van der Waals surface area contributed by atoms with Crippen molar-refractivity contribution in [1.82, 2.24) is 15.2 Å². The van der Waals surface area contributed by atoms with Crippen molar-refractivity contribution in [1.29, 1.82) is 0 Å². The first kappa shape index (κ1) is 22.4. The number of carbonyl (C=O) groups excluding carboxylic acids is 1. The van der Waals surface area contributed by atoms with Gasteiger partial charge in [0.15, 0.2) is 0 Å². The Balaban J connectivity index is 1.36. The van der Waals surface area contributed by atoms with Gasteiger partial charge in [0.25, 0.3) is 5.91 Å². The number of aromatic nitrogens is 1. The lowest BCUT2D eigenvalue weighted by atomic mass is 9.89. The van der Waals surface area contributed by atoms with E-state index in [1.807, 2.05) is 32.2 Å². The minimum atomic E-state index is -0.311. The van der Waals surface area contributed by atoms with Crippen molar-refractivity contribution in [3.8, 4) is 17.0 Å². The summed E-state index contributed by atoms with van der Waals surface area (Å²) in [5, 5.41) is 6.57. The van der Waals surface area contributed by atoms with E-state index >= 15 is 0 Å². The molecule has 0 saturated heterocycles. The van der Waals surface area contributed by atoms with Crippen molar-refractivity contribution in [2.75, 3.05) is 6.54 Å². The number of aryl methyl sites for hydroxylation is 1. The van der Waals surface area contributed by atoms with E-state index < -0.39 is 0 Å². The average Bonchev–Trinajstić information content (AvgIpc) is 3.17. The fourth-order valence-electron chi connectivity index (χ4n) is 4.89. The number of fused-ring (bicyclic) bond motifs is 2. The maximum absolute atomic E-state index is 12.9. The molecule has 176 valence electrons. The maximum Gasteiger partial charge on any atom is 0.252 e. The van der Waals surface area contributed by atoms with Crippen LogP contribution in [-0.4, -0.2) is 35.5 Å². The Morgan fingerprint density at radius 3 is 2.74 bits per heavy atom. The molecule has 3 heterocycles. The molecule has 6 nitrogen and oxygen atoms in total. The first-order valence-electron chi connectivity index (χ1n) is 12.1. The summed E-state index contributed by atoms with van der Waals surface area (Å²) in [6.07, 6.45) is 1.67. The molecule has 2 aromatic carbocycles. The number of hydrogen-bond acceptors (Lipinski definition) is 4. The second-order valence-electron chi connectivity index (χ2n) is 9.51. The van der Waals surface area contributed by atoms with E-state index in [-0.39, 0.29) is 24.1 Å². The van der Waals surface area contributed by atoms with E-state index in [1.54, 1.807) is 12.1 Å². The Morgan fingerprint density at radius 2 is 1.97 bits per heavy atom. The molecule has 6 heteroatoms. The number of ether oxygens (including phenoxy) is 1. The largest absolute Gasteiger partial charge is 0.491 e. The number of benzene rings is 2. The summed E-state index contributed by atoms with van der Waals surface area (Å²) in [7, 11) is 0. The molecule has 2 aliphatic heterocycles. The molecular formula is C28H32N4O2. The zero-order valence-electron chi connectivity index (χ0n) is 20.3. The van der Waals surface area contributed by atoms with Crippen LogP contribution >= 0.6 is 0 Å². The molecule has 0 bridgehead atoms. The van der Waals surface area contributed by atoms with Crippen LogP contribution in [0.1, 0.15) is 59.4 Å². The van der Waals surface area contributed by atoms with Crippen molar-refractivity contribution < 1.29 is 9.53 Å². The quantitative estimate of drug-likeness (QED) is 0.587. The predicted octanol–water partition coefficient (Wildman–Crippen LogP) is 4.65. The number of aliphatic imine (C=N–C) groups is 1. The third-order valence-electron chi connectivity index (χ3n) is 6.72. The highest BCUT2D eigenvalue weighted by molar-refractivity contribution is 5.95. The number of nitrogens with zero attached hydrogens (tertiary/aromatic N) is 2. The lowest BCUT2D eigenvalue weighted by Crippen LogP contribution is -2.39. The van der Waals surface area contributed by atoms with Crippen LogP contribution in [0.3, 0.4) is 0 Å². The molecule has 0 fully saturated rings. The molecule has 2 atom stereocenters. The van der Waals surface area contributed by atoms with Gasteiger partial charge in [0.05, 0.1) is 6.10 Å². The van der Waals surface area contributed by atoms with Crippen molar-refractivity contribution in [2.24, 2.45) is 4.99 Å². The highest BCUT2D eigenvalue weighted by Gasteiger charge is 2.27. The van der Waals surface area contributed by atoms with Gasteiger partial charge in [-0.1, -0.05) is 19.1 Å². The van der Waals surface area contributed by atoms with E-state index in [9.17, 15) is 4.79 Å². The van der Waals surface area contributed by atoms with Crippen LogP contribution in [0, 0.1) is 6.92 Å². The summed E-state index contributed by atoms with van der Waals surface area (Å²) >= 11 is 0. The van der Waals surface area contributed by atoms with E-state index in [2.05, 4.69) is 58.3 Å². The molecule has 0 spiro atoms. The standard InChI is InChI=1S/C28H32N4O2/c1-17(2)34-23-9-7-20(8-10-23)28(33)31-27-19(4)24-14-21(5-6-22(24)15-30-27)25-13-18(3)26-16-29-11-12-32(25)26/h5-10,13-15,17,19,27,29H,11-12,16H2,1-4H3,(H,31,33). The zero-order chi connectivity index (χ0) is 23.8. The van der Waals surface area contributed by atoms with Gasteiger partial charge in [-0.3, -0.25) is 9.79 Å². The Labute approximate surface area is 201 Å². The Morgan fingerprint density at radius 1 is 1.18 bits per heavy atom. The monoisotopic (exact) mass is 456 g/mol. The first-order chi connectivity index (χ1) is 16.4. The van der Waals surface area contributed by atoms with Crippen molar-refractivity contribution >= 4 is 12.1 Å². The molecule has 1 amide bonds. The molecule has 0 radical (unpaired) electrons. The topological polar surface area (TPSA) is 67.6 Å². The molecule has 0 aliphatic carbocycles. The summed E-state index contributed by atoms with van der Waals surface area (Å²) in [4.78, 5) is 17.6. The zero-order valence-corrected chi connectivity index (χ0v) is 20.3. The minimum absolute atomic E-state index is 0.0611. The minimum Gasteiger partial charge on any atom is -0.491 e. The van der Waals surface area contributed by atoms with Crippen LogP contribution in [0.4, 0.5) is 0 Å². The van der Waals surface area contributed by atoms with Crippen LogP contribution in [-0.2, 0) is 13.1 Å². The number of hydrogen-bond donors (Lipinski definition) is 2. The number of carbonyl (C=O) groups is 1. The Bertz CT molecular complexity index is 1240. The van der Waals surface area contributed by atoms with Gasteiger partial charge < -0.3 is 19.9 Å². The maximum atomic E-state index is 12.9. The van der Waals surface area contributed by atoms with Gasteiger partial charge in [0, 0.05) is 48.7 Å². The number of nitrogens with one attached hydrogen (secondary N) is 2. The highest BCUT2D eigenvalue weighted by Crippen LogP contribution is 2.33. The van der Waals surface area contributed by atoms with E-state index in [0.29, 0.717) is 5.56 Å². The van der Waals surface area contributed by atoms with Gasteiger partial charge in [-0.25, -0.2) is 0 Å². The summed E-state index contributed by atoms with van der Waals surface area (Å²) in [6, 6.07) is 16.1. The molecule has 0 saturated carbocycles. The first-order valence-corrected chi connectivity index (χ1v) is 12.1. The summed E-state index contributed by atoms with van der Waals surface area (Å²) < 4.78 is 8.11. The second kappa shape index (κ2) is 9.11. The SMILES string of the molecule is Cc1cc(-c2ccc3c(c2)C(C)C(NC(=O)c2ccc(OC(C)C)cc2)N=C3)n2c1CNCC2. The molecular weight excluding hydrogens is 424 g/mol. The van der Waals surface area contributed by atoms with Crippen LogP contribution < -0.4 is 15.4 Å². The lowest BCUT2D eigenvalue weighted by molar-refractivity contribution is 0.0933. The van der Waals surface area contributed by atoms with Crippen LogP contribution in [0.2, 0.25) is 0 Å². The molecule has 3 aromatic rings. The van der Waals surface area contributed by atoms with Gasteiger partial charge in [0.1, 0.15) is 11.9 Å². The average molecular weight is 457 g/mol. The molecule has 2 aliphatic rings. The van der Waals surface area contributed by atoms with Gasteiger partial charge >= 0.3 is 0 Å². The molecule has 5 rings (SSSR count). The molecule has 34 heavy (non-hydrogen) atoms. The smallest absolute Gasteiger partial charge is 0.252 e. The Hall–Kier alpha value is -3.38. The van der Waals surface area contributed by atoms with E-state index in [4.69, 9.17) is 4.74 Å². The van der Waals surface area contributed by atoms with E-state index in [0.717, 1.165) is 30.9 Å². The molecule has 2 unspecified atom stereocenters. The van der Waals surface area contributed by atoms with Gasteiger partial charge in [0.2, 0.25) is 0 Å². The summed E-state index contributed by atoms with van der Waals surface area (Å²) in [5.41, 5.74) is 8.08. The summed E-state index contributed by atoms with van der Waals surface area (Å²) in [6.45, 7) is 11.2.